The number of hydrogen-bond acceptors (Lipinski definition) is 4. The Morgan fingerprint density at radius 1 is 1.00 bits per heavy atom. The molecule has 5 nitrogen and oxygen atoms in total. The lowest BCUT2D eigenvalue weighted by atomic mass is 9.94. The smallest absolute Gasteiger partial charge is 0.305 e. The second-order valence-electron chi connectivity index (χ2n) is 9.23. The van der Waals surface area contributed by atoms with Crippen LogP contribution in [0.25, 0.3) is 11.1 Å². The molecule has 0 saturated carbocycles. The van der Waals surface area contributed by atoms with E-state index >= 15 is 0 Å². The number of carboxylic acids is 1. The van der Waals surface area contributed by atoms with Gasteiger partial charge in [-0.1, -0.05) is 51.0 Å². The Balaban J connectivity index is 1.75. The highest BCUT2D eigenvalue weighted by molar-refractivity contribution is 7.14. The lowest BCUT2D eigenvalue weighted by Crippen LogP contribution is -2.25. The highest BCUT2D eigenvalue weighted by Gasteiger charge is 2.19. The molecule has 0 aliphatic heterocycles. The highest BCUT2D eigenvalue weighted by atomic mass is 32.1. The third-order valence-electron chi connectivity index (χ3n) is 6.19. The van der Waals surface area contributed by atoms with Gasteiger partial charge in [0.15, 0.2) is 0 Å². The van der Waals surface area contributed by atoms with E-state index in [1.807, 2.05) is 6.07 Å². The first-order valence-corrected chi connectivity index (χ1v) is 13.6. The van der Waals surface area contributed by atoms with Crippen LogP contribution < -0.4 is 10.1 Å². The molecule has 1 heterocycles. The number of carbonyl (C=O) groups is 2. The highest BCUT2D eigenvalue weighted by Crippen LogP contribution is 2.35. The number of aliphatic carboxylic acids is 1. The summed E-state index contributed by atoms with van der Waals surface area (Å²) in [5, 5.41) is 11.4. The van der Waals surface area contributed by atoms with Crippen molar-refractivity contribution in [1.29, 1.82) is 0 Å². The van der Waals surface area contributed by atoms with Gasteiger partial charge in [-0.2, -0.15) is 0 Å². The molecular formula is C30H37NO4S. The average Bonchev–Trinajstić information content (AvgIpc) is 3.33. The Hall–Kier alpha value is -3.12. The molecular weight excluding hydrogens is 470 g/mol. The zero-order valence-corrected chi connectivity index (χ0v) is 22.5. The van der Waals surface area contributed by atoms with E-state index in [2.05, 4.69) is 69.4 Å². The largest absolute Gasteiger partial charge is 0.485 e. The number of ether oxygens (including phenoxy) is 1. The van der Waals surface area contributed by atoms with Crippen molar-refractivity contribution in [2.45, 2.75) is 72.3 Å². The SMILES string of the molecule is CCCCc1ccc(-c2c(C)cc(OC(CCC)c3ccc(C(=O)NCCC(=O)O)s3)cc2C)cc1. The molecule has 2 N–H and O–H groups in total. The first-order valence-electron chi connectivity index (χ1n) is 12.8. The molecule has 1 atom stereocenters. The van der Waals surface area contributed by atoms with Gasteiger partial charge >= 0.3 is 5.97 Å². The topological polar surface area (TPSA) is 75.6 Å². The van der Waals surface area contributed by atoms with E-state index in [0.29, 0.717) is 4.88 Å². The molecule has 1 amide bonds. The summed E-state index contributed by atoms with van der Waals surface area (Å²) in [5.41, 5.74) is 6.19. The second kappa shape index (κ2) is 13.3. The first kappa shape index (κ1) is 27.5. The van der Waals surface area contributed by atoms with Crippen LogP contribution in [0.4, 0.5) is 0 Å². The summed E-state index contributed by atoms with van der Waals surface area (Å²) >= 11 is 1.40. The van der Waals surface area contributed by atoms with Crippen molar-refractivity contribution >= 4 is 23.2 Å². The van der Waals surface area contributed by atoms with Crippen LogP contribution in [0.2, 0.25) is 0 Å². The molecule has 0 bridgehead atoms. The molecule has 3 aromatic rings. The van der Waals surface area contributed by atoms with Gasteiger partial charge in [0.2, 0.25) is 0 Å². The lowest BCUT2D eigenvalue weighted by Gasteiger charge is -2.20. The Kier molecular flexibility index (Phi) is 10.1. The number of rotatable bonds is 13. The number of hydrogen-bond donors (Lipinski definition) is 2. The Labute approximate surface area is 218 Å². The molecule has 0 aliphatic carbocycles. The third-order valence-corrected chi connectivity index (χ3v) is 7.37. The van der Waals surface area contributed by atoms with E-state index in [4.69, 9.17) is 9.84 Å². The summed E-state index contributed by atoms with van der Waals surface area (Å²) in [6.07, 6.45) is 5.07. The van der Waals surface area contributed by atoms with E-state index in [1.54, 1.807) is 6.07 Å². The molecule has 0 saturated heterocycles. The van der Waals surface area contributed by atoms with Gasteiger partial charge in [0.05, 0.1) is 11.3 Å². The molecule has 0 aliphatic rings. The zero-order valence-electron chi connectivity index (χ0n) is 21.7. The number of carboxylic acid groups (broad SMARTS) is 1. The minimum absolute atomic E-state index is 0.0940. The fourth-order valence-electron chi connectivity index (χ4n) is 4.37. The van der Waals surface area contributed by atoms with Gasteiger partial charge < -0.3 is 15.2 Å². The summed E-state index contributed by atoms with van der Waals surface area (Å²) in [7, 11) is 0. The maximum absolute atomic E-state index is 12.4. The van der Waals surface area contributed by atoms with Gasteiger partial charge in [0.1, 0.15) is 11.9 Å². The number of carbonyl (C=O) groups excluding carboxylic acids is 1. The molecule has 0 fully saturated rings. The molecule has 3 rings (SSSR count). The van der Waals surface area contributed by atoms with Crippen LogP contribution in [0.3, 0.4) is 0 Å². The third kappa shape index (κ3) is 7.44. The van der Waals surface area contributed by atoms with Crippen LogP contribution in [0.15, 0.2) is 48.5 Å². The minimum Gasteiger partial charge on any atom is -0.485 e. The Bertz CT molecular complexity index is 1140. The molecule has 6 heteroatoms. The molecule has 1 unspecified atom stereocenters. The number of unbranched alkanes of at least 4 members (excludes halogenated alkanes) is 1. The van der Waals surface area contributed by atoms with Crippen LogP contribution in [0.5, 0.6) is 5.75 Å². The standard InChI is InChI=1S/C30H37NO4S/c1-5-7-9-22-10-12-23(13-11-22)29-20(3)18-24(19-21(29)4)35-25(8-6-2)26-14-15-27(36-26)30(34)31-17-16-28(32)33/h10-15,18-19,25H,5-9,16-17H2,1-4H3,(H,31,34)(H,32,33). The molecule has 0 spiro atoms. The normalized spacial score (nSPS) is 11.8. The summed E-state index contributed by atoms with van der Waals surface area (Å²) < 4.78 is 6.46. The summed E-state index contributed by atoms with van der Waals surface area (Å²) in [4.78, 5) is 24.6. The summed E-state index contributed by atoms with van der Waals surface area (Å²) in [5.74, 6) is -0.355. The second-order valence-corrected chi connectivity index (χ2v) is 10.3. The fourth-order valence-corrected chi connectivity index (χ4v) is 5.36. The van der Waals surface area contributed by atoms with Crippen molar-refractivity contribution in [1.82, 2.24) is 5.32 Å². The van der Waals surface area contributed by atoms with Gasteiger partial charge in [-0.05, 0) is 85.2 Å². The predicted molar refractivity (Wildman–Crippen MR) is 147 cm³/mol. The lowest BCUT2D eigenvalue weighted by molar-refractivity contribution is -0.136. The number of nitrogens with one attached hydrogen (secondary N) is 1. The van der Waals surface area contributed by atoms with Crippen LogP contribution in [0, 0.1) is 13.8 Å². The van der Waals surface area contributed by atoms with Gasteiger partial charge in [-0.15, -0.1) is 11.3 Å². The van der Waals surface area contributed by atoms with E-state index in [1.165, 1.54) is 52.0 Å². The van der Waals surface area contributed by atoms with E-state index in [0.717, 1.165) is 29.9 Å². The number of aryl methyl sites for hydroxylation is 3. The monoisotopic (exact) mass is 507 g/mol. The summed E-state index contributed by atoms with van der Waals surface area (Å²) in [6.45, 7) is 8.70. The minimum atomic E-state index is -0.931. The van der Waals surface area contributed by atoms with Gasteiger partial charge in [0.25, 0.3) is 5.91 Å². The summed E-state index contributed by atoms with van der Waals surface area (Å²) in [6, 6.07) is 16.8. The maximum Gasteiger partial charge on any atom is 0.305 e. The molecule has 36 heavy (non-hydrogen) atoms. The predicted octanol–water partition coefficient (Wildman–Crippen LogP) is 7.50. The maximum atomic E-state index is 12.4. The fraction of sp³-hybridized carbons (Fsp3) is 0.400. The van der Waals surface area contributed by atoms with Crippen molar-refractivity contribution in [2.75, 3.05) is 6.54 Å². The van der Waals surface area contributed by atoms with Crippen molar-refractivity contribution in [3.8, 4) is 16.9 Å². The first-order chi connectivity index (χ1) is 17.3. The molecule has 2 aromatic carbocycles. The number of thiophene rings is 1. The van der Waals surface area contributed by atoms with Crippen LogP contribution >= 0.6 is 11.3 Å². The number of benzene rings is 2. The zero-order chi connectivity index (χ0) is 26.1. The molecule has 0 radical (unpaired) electrons. The van der Waals surface area contributed by atoms with Crippen molar-refractivity contribution in [2.24, 2.45) is 0 Å². The van der Waals surface area contributed by atoms with E-state index < -0.39 is 5.97 Å². The molecule has 192 valence electrons. The number of amides is 1. The van der Waals surface area contributed by atoms with Gasteiger partial charge in [-0.25, -0.2) is 0 Å². The van der Waals surface area contributed by atoms with Crippen molar-refractivity contribution < 1.29 is 19.4 Å². The van der Waals surface area contributed by atoms with Gasteiger partial charge in [0, 0.05) is 11.4 Å². The van der Waals surface area contributed by atoms with Gasteiger partial charge in [-0.3, -0.25) is 9.59 Å². The van der Waals surface area contributed by atoms with E-state index in [-0.39, 0.29) is 25.0 Å². The van der Waals surface area contributed by atoms with Crippen molar-refractivity contribution in [3.63, 3.8) is 0 Å². The quantitative estimate of drug-likeness (QED) is 0.251. The molecule has 1 aromatic heterocycles. The van der Waals surface area contributed by atoms with Crippen molar-refractivity contribution in [3.05, 3.63) is 75.0 Å². The average molecular weight is 508 g/mol. The van der Waals surface area contributed by atoms with Crippen LogP contribution in [0.1, 0.15) is 83.3 Å². The van der Waals surface area contributed by atoms with Crippen LogP contribution in [-0.2, 0) is 11.2 Å². The Morgan fingerprint density at radius 2 is 1.69 bits per heavy atom. The van der Waals surface area contributed by atoms with E-state index in [9.17, 15) is 9.59 Å². The Morgan fingerprint density at radius 3 is 2.31 bits per heavy atom. The van der Waals surface area contributed by atoms with Crippen LogP contribution in [-0.4, -0.2) is 23.5 Å².